The fourth-order valence-electron chi connectivity index (χ4n) is 6.02. The third kappa shape index (κ3) is 5.25. The molecule has 1 heterocycles. The first kappa shape index (κ1) is 35.4. The van der Waals surface area contributed by atoms with E-state index >= 15 is 0 Å². The van der Waals surface area contributed by atoms with Gasteiger partial charge in [0.1, 0.15) is 27.0 Å². The quantitative estimate of drug-likeness (QED) is 0.0244. The van der Waals surface area contributed by atoms with Crippen molar-refractivity contribution < 1.29 is 55.2 Å². The van der Waals surface area contributed by atoms with Crippen LogP contribution < -0.4 is 33.2 Å². The molecule has 24 heteroatoms. The maximum atomic E-state index is 14.2. The average Bonchev–Trinajstić information content (AvgIpc) is 3.09. The van der Waals surface area contributed by atoms with Crippen LogP contribution in [0, 0.1) is 0 Å². The molecule has 0 aliphatic rings. The summed E-state index contributed by atoms with van der Waals surface area (Å²) in [5.41, 5.74) is 4.32. The third-order valence-corrected chi connectivity index (χ3v) is 11.1. The summed E-state index contributed by atoms with van der Waals surface area (Å²) in [5.74, 6) is 0. The predicted molar refractivity (Wildman–Crippen MR) is 184 cm³/mol. The van der Waals surface area contributed by atoms with E-state index in [9.17, 15) is 45.1 Å². The highest BCUT2D eigenvalue weighted by atomic mass is 32.2. The van der Waals surface area contributed by atoms with Crippen LogP contribution in [0.2, 0.25) is 0 Å². The van der Waals surface area contributed by atoms with E-state index in [1.54, 1.807) is 0 Å². The number of anilines is 2. The molecule has 0 saturated carbocycles. The molecule has 0 aliphatic carbocycles. The van der Waals surface area contributed by atoms with E-state index in [0.29, 0.717) is 18.1 Å². The number of rotatable bonds is 8. The van der Waals surface area contributed by atoms with Gasteiger partial charge in [-0.05, 0) is 36.4 Å². The van der Waals surface area contributed by atoms with Gasteiger partial charge in [0.25, 0.3) is 20.2 Å². The number of aromatic nitrogens is 2. The second kappa shape index (κ2) is 12.3. The Kier molecular flexibility index (Phi) is 8.40. The van der Waals surface area contributed by atoms with Crippen LogP contribution in [0.5, 0.6) is 0 Å². The van der Waals surface area contributed by atoms with Crippen LogP contribution in [0.1, 0.15) is 0 Å². The number of benzene rings is 6. The van der Waals surface area contributed by atoms with Crippen LogP contribution in [0.3, 0.4) is 0 Å². The zero-order chi connectivity index (χ0) is 37.6. The highest BCUT2D eigenvalue weighted by molar-refractivity contribution is 7.95. The van der Waals surface area contributed by atoms with Crippen molar-refractivity contribution >= 4 is 121 Å². The highest BCUT2D eigenvalue weighted by Gasteiger charge is 2.31. The minimum Gasteiger partial charge on any atom is -0.397 e. The molecule has 1 aromatic heterocycles. The van der Waals surface area contributed by atoms with Gasteiger partial charge in [-0.15, -0.1) is 8.67 Å². The first-order valence-corrected chi connectivity index (χ1v) is 18.0. The minimum absolute atomic E-state index is 0.129. The van der Waals surface area contributed by atoms with Crippen LogP contribution in [0.25, 0.3) is 65.2 Å². The van der Waals surface area contributed by atoms with Crippen LogP contribution >= 0.6 is 24.1 Å². The third-order valence-electron chi connectivity index (χ3n) is 8.06. The maximum Gasteiger partial charge on any atom is 0.298 e. The van der Waals surface area contributed by atoms with Gasteiger partial charge in [0.15, 0.2) is 21.7 Å². The smallest absolute Gasteiger partial charge is 0.298 e. The van der Waals surface area contributed by atoms with Gasteiger partial charge in [0, 0.05) is 26.4 Å². The van der Waals surface area contributed by atoms with Crippen molar-refractivity contribution in [2.24, 2.45) is 0 Å². The number of nitrogens with zero attached hydrogens (tertiary/aromatic N) is 2. The fourth-order valence-corrected chi connectivity index (χ4v) is 8.20. The lowest BCUT2D eigenvalue weighted by atomic mass is 9.98. The molecule has 20 nitrogen and oxygen atoms in total. The lowest BCUT2D eigenvalue weighted by Gasteiger charge is -2.15. The number of nitrogen functional groups attached to an aromatic ring is 2. The van der Waals surface area contributed by atoms with Crippen LogP contribution in [-0.2, 0) is 39.0 Å². The van der Waals surface area contributed by atoms with E-state index in [1.807, 2.05) is 0 Å². The number of hydrogen-bond donors (Lipinski definition) is 6. The molecule has 52 heavy (non-hydrogen) atoms. The normalized spacial score (nSPS) is 12.7. The zero-order valence-electron chi connectivity index (χ0n) is 24.8. The van der Waals surface area contributed by atoms with Crippen molar-refractivity contribution in [2.75, 3.05) is 11.5 Å². The molecule has 0 atom stereocenters. The van der Waals surface area contributed by atoms with E-state index in [0.717, 1.165) is 12.1 Å². The molecule has 0 unspecified atom stereocenters. The largest absolute Gasteiger partial charge is 0.397 e. The number of fused-ring (bicyclic) bond motifs is 8. The van der Waals surface area contributed by atoms with Crippen molar-refractivity contribution in [3.63, 3.8) is 0 Å². The molecule has 7 aromatic rings. The maximum absolute atomic E-state index is 14.2. The monoisotopic (exact) mass is 790 g/mol. The second-order valence-corrected chi connectivity index (χ2v) is 15.0. The zero-order valence-corrected chi connectivity index (χ0v) is 28.1. The lowest BCUT2D eigenvalue weighted by Crippen LogP contribution is -2.19. The van der Waals surface area contributed by atoms with Gasteiger partial charge in [0.2, 0.25) is 0 Å². The van der Waals surface area contributed by atoms with E-state index in [1.165, 1.54) is 18.2 Å². The fraction of sp³-hybridized carbons (Fsp3) is 0. The second-order valence-electron chi connectivity index (χ2n) is 10.7. The lowest BCUT2D eigenvalue weighted by molar-refractivity contribution is -0.432. The molecule has 0 fully saturated rings. The Bertz CT molecular complexity index is 3230. The molecule has 0 radical (unpaired) electrons. The average molecular weight is 791 g/mol. The molecule has 0 aliphatic heterocycles. The first-order chi connectivity index (χ1) is 24.5. The van der Waals surface area contributed by atoms with Gasteiger partial charge in [-0.2, -0.15) is 16.8 Å². The van der Waals surface area contributed by atoms with Crippen LogP contribution in [-0.4, -0.2) is 46.4 Å². The molecule has 8 N–H and O–H groups in total. The van der Waals surface area contributed by atoms with Gasteiger partial charge in [0.05, 0.1) is 66.8 Å². The molecular formula is C28H14N4O16S4. The topological polar surface area (TPSA) is 332 Å². The van der Waals surface area contributed by atoms with Crippen molar-refractivity contribution in [3.05, 3.63) is 77.3 Å². The van der Waals surface area contributed by atoms with E-state index in [4.69, 9.17) is 22.0 Å². The molecule has 0 amide bonds. The molecule has 7 rings (SSSR count). The summed E-state index contributed by atoms with van der Waals surface area (Å²) in [6.45, 7) is 0. The SMILES string of the molecule is Nc1c(SOOO)c2nc3c(nc2c2c(=O)c4cc(S(=O)(=O)O)ccc4c(=O)c12)c(S(=O)(=O)O)c(N)c1c(=O)c2ccc(SOOO)cc2c(=O)c13. The summed E-state index contributed by atoms with van der Waals surface area (Å²) in [6.07, 6.45) is 0. The summed E-state index contributed by atoms with van der Waals surface area (Å²) < 4.78 is 78.5. The Morgan fingerprint density at radius 3 is 1.65 bits per heavy atom. The molecule has 0 bridgehead atoms. The van der Waals surface area contributed by atoms with Crippen molar-refractivity contribution in [1.29, 1.82) is 0 Å². The van der Waals surface area contributed by atoms with Gasteiger partial charge in [-0.3, -0.25) is 28.3 Å². The Labute approximate surface area is 293 Å². The Balaban J connectivity index is 1.79. The first-order valence-electron chi connectivity index (χ1n) is 13.6. The van der Waals surface area contributed by atoms with Crippen molar-refractivity contribution in [2.45, 2.75) is 19.6 Å². The van der Waals surface area contributed by atoms with Crippen molar-refractivity contribution in [1.82, 2.24) is 9.97 Å². The molecule has 0 spiro atoms. The van der Waals surface area contributed by atoms with E-state index in [2.05, 4.69) is 28.7 Å². The number of hydrogen-bond acceptors (Lipinski definition) is 20. The highest BCUT2D eigenvalue weighted by Crippen LogP contribution is 2.41. The van der Waals surface area contributed by atoms with Gasteiger partial charge >= 0.3 is 0 Å². The van der Waals surface area contributed by atoms with Gasteiger partial charge in [-0.25, -0.2) is 20.5 Å². The van der Waals surface area contributed by atoms with E-state index < -0.39 is 117 Å². The summed E-state index contributed by atoms with van der Waals surface area (Å²) in [4.78, 5) is 62.3. The van der Waals surface area contributed by atoms with Gasteiger partial charge in [-0.1, -0.05) is 10.1 Å². The number of nitrogens with two attached hydrogens (primary N) is 2. The summed E-state index contributed by atoms with van der Waals surface area (Å²) >= 11 is 0.573. The summed E-state index contributed by atoms with van der Waals surface area (Å²) in [7, 11) is -10.3. The Morgan fingerprint density at radius 1 is 0.577 bits per heavy atom. The standard InChI is InChI=1S/C28H14N4O16S4/c29-17-13-15(26(36)12-6-8(51(39,40)41)2-4-10(12)23(13)33)19-21(27(17)50-48-46-38)31-20-16-14(18(30)28(22(20)32-19)52(42,43)44)24(34)9-3-1-7(49-47-45-37)5-11(9)25(16)35/h1-6,37-38H,29-30H2,(H,39,40,41)(H,42,43,44). The molecule has 6 aromatic carbocycles. The summed E-state index contributed by atoms with van der Waals surface area (Å²) in [5, 5.41) is 20.7. The molecule has 0 saturated heterocycles. The van der Waals surface area contributed by atoms with Crippen LogP contribution in [0.4, 0.5) is 11.4 Å². The summed E-state index contributed by atoms with van der Waals surface area (Å²) in [6, 6.07) is 6.13. The van der Waals surface area contributed by atoms with E-state index in [-0.39, 0.29) is 33.1 Å². The molecule has 266 valence electrons. The van der Waals surface area contributed by atoms with Crippen molar-refractivity contribution in [3.8, 4) is 0 Å². The van der Waals surface area contributed by atoms with Crippen LogP contribution in [0.15, 0.2) is 75.2 Å². The Morgan fingerprint density at radius 2 is 1.08 bits per heavy atom. The molecular weight excluding hydrogens is 777 g/mol. The predicted octanol–water partition coefficient (Wildman–Crippen LogP) is 2.23. The Hall–Kier alpha value is -4.96. The van der Waals surface area contributed by atoms with Gasteiger partial charge < -0.3 is 11.5 Å². The minimum atomic E-state index is -5.45.